The third-order valence-corrected chi connectivity index (χ3v) is 3.05. The summed E-state index contributed by atoms with van der Waals surface area (Å²) in [5.74, 6) is 1.83. The van der Waals surface area contributed by atoms with Crippen LogP contribution in [0.25, 0.3) is 0 Å². The van der Waals surface area contributed by atoms with E-state index in [4.69, 9.17) is 9.47 Å². The van der Waals surface area contributed by atoms with Crippen LogP contribution >= 0.6 is 0 Å². The van der Waals surface area contributed by atoms with E-state index >= 15 is 0 Å². The minimum Gasteiger partial charge on any atom is -0.496 e. The molecule has 0 aromatic heterocycles. The number of fused-ring (bicyclic) bond motifs is 1. The van der Waals surface area contributed by atoms with Crippen molar-refractivity contribution in [3.05, 3.63) is 23.3 Å². The first-order valence-electron chi connectivity index (χ1n) is 6.35. The lowest BCUT2D eigenvalue weighted by molar-refractivity contribution is 0.191. The molecule has 1 aromatic rings. The van der Waals surface area contributed by atoms with E-state index in [0.717, 1.165) is 23.5 Å². The molecule has 1 aliphatic heterocycles. The molecule has 0 fully saturated rings. The SMILES string of the molecule is COc1cc2c(cc1CNCC(C)O)OC(C)C2. The Morgan fingerprint density at radius 1 is 1.56 bits per heavy atom. The standard InChI is InChI=1S/C14H21NO3/c1-9(16)7-15-8-12-6-14-11(4-10(2)18-14)5-13(12)17-3/h5-6,9-10,15-16H,4,7-8H2,1-3H3. The van der Waals surface area contributed by atoms with Crippen molar-refractivity contribution < 1.29 is 14.6 Å². The number of benzene rings is 1. The predicted octanol–water partition coefficient (Wildman–Crippen LogP) is 1.49. The van der Waals surface area contributed by atoms with Gasteiger partial charge < -0.3 is 19.9 Å². The zero-order chi connectivity index (χ0) is 13.1. The fourth-order valence-corrected chi connectivity index (χ4v) is 2.23. The molecule has 0 aliphatic carbocycles. The Kier molecular flexibility index (Phi) is 4.09. The van der Waals surface area contributed by atoms with E-state index in [0.29, 0.717) is 13.1 Å². The van der Waals surface area contributed by atoms with E-state index in [9.17, 15) is 5.11 Å². The molecule has 0 spiro atoms. The molecule has 1 aromatic carbocycles. The van der Waals surface area contributed by atoms with Crippen molar-refractivity contribution in [1.82, 2.24) is 5.32 Å². The average Bonchev–Trinajstić information content (AvgIpc) is 2.66. The molecule has 100 valence electrons. The molecule has 4 nitrogen and oxygen atoms in total. The maximum atomic E-state index is 9.23. The van der Waals surface area contributed by atoms with E-state index in [1.807, 2.05) is 6.07 Å². The second-order valence-corrected chi connectivity index (χ2v) is 4.88. The molecule has 0 bridgehead atoms. The van der Waals surface area contributed by atoms with E-state index in [1.165, 1.54) is 5.56 Å². The Bertz CT molecular complexity index is 418. The van der Waals surface area contributed by atoms with Crippen molar-refractivity contribution in [2.45, 2.75) is 39.0 Å². The molecular formula is C14H21NO3. The summed E-state index contributed by atoms with van der Waals surface area (Å²) in [4.78, 5) is 0. The lowest BCUT2D eigenvalue weighted by atomic mass is 10.1. The Morgan fingerprint density at radius 2 is 2.33 bits per heavy atom. The van der Waals surface area contributed by atoms with Crippen molar-refractivity contribution in [1.29, 1.82) is 0 Å². The van der Waals surface area contributed by atoms with Crippen molar-refractivity contribution in [3.63, 3.8) is 0 Å². The molecule has 0 radical (unpaired) electrons. The second-order valence-electron chi connectivity index (χ2n) is 4.88. The minimum atomic E-state index is -0.346. The van der Waals surface area contributed by atoms with Gasteiger partial charge in [-0.05, 0) is 26.0 Å². The molecule has 2 unspecified atom stereocenters. The Hall–Kier alpha value is -1.26. The fraction of sp³-hybridized carbons (Fsp3) is 0.571. The molecule has 2 atom stereocenters. The highest BCUT2D eigenvalue weighted by Crippen LogP contribution is 2.34. The number of ether oxygens (including phenoxy) is 2. The van der Waals surface area contributed by atoms with Crippen molar-refractivity contribution >= 4 is 0 Å². The number of hydrogen-bond acceptors (Lipinski definition) is 4. The van der Waals surface area contributed by atoms with Gasteiger partial charge in [0.2, 0.25) is 0 Å². The Balaban J connectivity index is 2.12. The van der Waals surface area contributed by atoms with Gasteiger partial charge in [-0.15, -0.1) is 0 Å². The molecule has 0 saturated carbocycles. The summed E-state index contributed by atoms with van der Waals surface area (Å²) in [7, 11) is 1.68. The maximum Gasteiger partial charge on any atom is 0.123 e. The molecule has 1 heterocycles. The molecule has 0 amide bonds. The van der Waals surface area contributed by atoms with Gasteiger partial charge in [0.1, 0.15) is 17.6 Å². The first-order valence-corrected chi connectivity index (χ1v) is 6.35. The van der Waals surface area contributed by atoms with Crippen LogP contribution in [0.2, 0.25) is 0 Å². The van der Waals surface area contributed by atoms with Crippen LogP contribution in [0.15, 0.2) is 12.1 Å². The van der Waals surface area contributed by atoms with Crippen molar-refractivity contribution in [2.75, 3.05) is 13.7 Å². The third kappa shape index (κ3) is 2.94. The van der Waals surface area contributed by atoms with Gasteiger partial charge in [-0.3, -0.25) is 0 Å². The van der Waals surface area contributed by atoms with Crippen LogP contribution in [0, 0.1) is 0 Å². The van der Waals surface area contributed by atoms with Gasteiger partial charge in [0.25, 0.3) is 0 Å². The smallest absolute Gasteiger partial charge is 0.123 e. The van der Waals surface area contributed by atoms with E-state index < -0.39 is 0 Å². The van der Waals surface area contributed by atoms with E-state index in [-0.39, 0.29) is 12.2 Å². The summed E-state index contributed by atoms with van der Waals surface area (Å²) in [6, 6.07) is 4.09. The molecule has 0 saturated heterocycles. The van der Waals surface area contributed by atoms with Crippen molar-refractivity contribution in [2.24, 2.45) is 0 Å². The van der Waals surface area contributed by atoms with Crippen LogP contribution in [-0.2, 0) is 13.0 Å². The average molecular weight is 251 g/mol. The Morgan fingerprint density at radius 3 is 3.00 bits per heavy atom. The number of methoxy groups -OCH3 is 1. The van der Waals surface area contributed by atoms with Crippen LogP contribution < -0.4 is 14.8 Å². The second kappa shape index (κ2) is 5.59. The van der Waals surface area contributed by atoms with E-state index in [2.05, 4.69) is 18.3 Å². The Labute approximate surface area is 108 Å². The molecule has 1 aliphatic rings. The lowest BCUT2D eigenvalue weighted by Crippen LogP contribution is -2.24. The van der Waals surface area contributed by atoms with Crippen molar-refractivity contribution in [3.8, 4) is 11.5 Å². The van der Waals surface area contributed by atoms with Gasteiger partial charge in [0.15, 0.2) is 0 Å². The normalized spacial score (nSPS) is 19.2. The first kappa shape index (κ1) is 13.2. The van der Waals surface area contributed by atoms with Crippen LogP contribution in [0.3, 0.4) is 0 Å². The van der Waals surface area contributed by atoms with Crippen LogP contribution in [-0.4, -0.2) is 31.0 Å². The van der Waals surface area contributed by atoms with E-state index in [1.54, 1.807) is 14.0 Å². The van der Waals surface area contributed by atoms with Crippen LogP contribution in [0.4, 0.5) is 0 Å². The molecule has 4 heteroatoms. The number of aliphatic hydroxyl groups is 1. The zero-order valence-corrected chi connectivity index (χ0v) is 11.2. The minimum absolute atomic E-state index is 0.241. The monoisotopic (exact) mass is 251 g/mol. The molecule has 2 rings (SSSR count). The summed E-state index contributed by atoms with van der Waals surface area (Å²) in [6.07, 6.45) is 0.833. The summed E-state index contributed by atoms with van der Waals surface area (Å²) < 4.78 is 11.1. The van der Waals surface area contributed by atoms with Gasteiger partial charge in [-0.2, -0.15) is 0 Å². The molecule has 18 heavy (non-hydrogen) atoms. The highest BCUT2D eigenvalue weighted by Gasteiger charge is 2.21. The van der Waals surface area contributed by atoms with Crippen LogP contribution in [0.1, 0.15) is 25.0 Å². The summed E-state index contributed by atoms with van der Waals surface area (Å²) in [6.45, 7) is 5.06. The number of rotatable bonds is 5. The highest BCUT2D eigenvalue weighted by atomic mass is 16.5. The number of nitrogens with one attached hydrogen (secondary N) is 1. The summed E-state index contributed by atoms with van der Waals surface area (Å²) in [5, 5.41) is 12.4. The van der Waals surface area contributed by atoms with Gasteiger partial charge >= 0.3 is 0 Å². The quantitative estimate of drug-likeness (QED) is 0.832. The summed E-state index contributed by atoms with van der Waals surface area (Å²) in [5.41, 5.74) is 2.27. The molecule has 2 N–H and O–H groups in total. The predicted molar refractivity (Wildman–Crippen MR) is 70.2 cm³/mol. The fourth-order valence-electron chi connectivity index (χ4n) is 2.23. The lowest BCUT2D eigenvalue weighted by Gasteiger charge is -2.12. The highest BCUT2D eigenvalue weighted by molar-refractivity contribution is 5.48. The largest absolute Gasteiger partial charge is 0.496 e. The number of hydrogen-bond donors (Lipinski definition) is 2. The third-order valence-electron chi connectivity index (χ3n) is 3.05. The molecular weight excluding hydrogens is 230 g/mol. The van der Waals surface area contributed by atoms with Gasteiger partial charge in [-0.25, -0.2) is 0 Å². The number of aliphatic hydroxyl groups excluding tert-OH is 1. The summed E-state index contributed by atoms with van der Waals surface area (Å²) >= 11 is 0. The first-order chi connectivity index (χ1) is 8.60. The maximum absolute atomic E-state index is 9.23. The van der Waals surface area contributed by atoms with Gasteiger partial charge in [-0.1, -0.05) is 0 Å². The van der Waals surface area contributed by atoms with Gasteiger partial charge in [0, 0.05) is 30.6 Å². The topological polar surface area (TPSA) is 50.7 Å². The zero-order valence-electron chi connectivity index (χ0n) is 11.2. The van der Waals surface area contributed by atoms with Crippen LogP contribution in [0.5, 0.6) is 11.5 Å². The van der Waals surface area contributed by atoms with Gasteiger partial charge in [0.05, 0.1) is 13.2 Å².